The van der Waals surface area contributed by atoms with Crippen LogP contribution in [0.15, 0.2) is 0 Å². The van der Waals surface area contributed by atoms with E-state index in [1.165, 1.54) is 89.9 Å². The molecule has 32 heavy (non-hydrogen) atoms. The molecule has 8 heteroatoms. The topological polar surface area (TPSA) is 77.1 Å². The van der Waals surface area contributed by atoms with E-state index >= 15 is 0 Å². The predicted molar refractivity (Wildman–Crippen MR) is 125 cm³/mol. The van der Waals surface area contributed by atoms with Crippen molar-refractivity contribution in [3.8, 4) is 0 Å². The first-order chi connectivity index (χ1) is 15.1. The molecule has 0 aromatic heterocycles. The van der Waals surface area contributed by atoms with Crippen LogP contribution < -0.4 is 56.3 Å². The Morgan fingerprint density at radius 3 is 1.03 bits per heavy atom. The Kier molecular flexibility index (Phi) is 32.4. The number of rotatable bonds is 26. The fourth-order valence-corrected chi connectivity index (χ4v) is 3.95. The van der Waals surface area contributed by atoms with Crippen LogP contribution in [0.25, 0.3) is 0 Å². The monoisotopic (exact) mass is 504 g/mol. The van der Waals surface area contributed by atoms with E-state index in [1.807, 2.05) is 0 Å². The van der Waals surface area contributed by atoms with E-state index in [2.05, 4.69) is 23.2 Å². The van der Waals surface area contributed by atoms with Crippen LogP contribution in [0.1, 0.15) is 142 Å². The zero-order valence-corrected chi connectivity index (χ0v) is 25.5. The van der Waals surface area contributed by atoms with Crippen molar-refractivity contribution in [1.29, 1.82) is 0 Å². The third kappa shape index (κ3) is 29.7. The van der Waals surface area contributed by atoms with Crippen LogP contribution in [0.3, 0.4) is 0 Å². The summed E-state index contributed by atoms with van der Waals surface area (Å²) in [6, 6.07) is 0. The summed E-state index contributed by atoms with van der Waals surface area (Å²) < 4.78 is 20.3. The van der Waals surface area contributed by atoms with Crippen molar-refractivity contribution in [2.45, 2.75) is 142 Å². The molecular weight excluding hydrogens is 454 g/mol. The molecule has 0 fully saturated rings. The minimum atomic E-state index is -4.55. The fraction of sp³-hybridized carbons (Fsp3) is 1.00. The van der Waals surface area contributed by atoms with Crippen molar-refractivity contribution in [1.82, 2.24) is 0 Å². The van der Waals surface area contributed by atoms with E-state index in [0.717, 1.165) is 38.5 Å². The fourth-order valence-electron chi connectivity index (χ4n) is 3.51. The van der Waals surface area contributed by atoms with Crippen LogP contribution in [-0.2, 0) is 23.7 Å². The van der Waals surface area contributed by atoms with E-state index in [-0.39, 0.29) is 64.6 Å². The van der Waals surface area contributed by atoms with Gasteiger partial charge in [0.1, 0.15) is 0 Å². The Morgan fingerprint density at radius 1 is 0.500 bits per heavy atom. The SMILES string of the molecule is CCCCCCCCCCCCOOP(=O)([O-])OOCCCCCCCCCCCC.[K+]. The molecule has 0 spiro atoms. The van der Waals surface area contributed by atoms with E-state index in [9.17, 15) is 9.46 Å². The van der Waals surface area contributed by atoms with Crippen molar-refractivity contribution in [3.63, 3.8) is 0 Å². The second-order valence-corrected chi connectivity index (χ2v) is 9.80. The van der Waals surface area contributed by atoms with Crippen LogP contribution in [0.2, 0.25) is 0 Å². The molecule has 0 radical (unpaired) electrons. The molecule has 188 valence electrons. The van der Waals surface area contributed by atoms with Crippen LogP contribution in [0, 0.1) is 0 Å². The standard InChI is InChI=1S/C24H51O6P.K/c1-3-5-7-9-11-13-15-17-19-21-23-27-29-31(25,26)30-28-24-22-20-18-16-14-12-10-8-6-4-2;/h3-24H2,1-2H3,(H,25,26);/q;+1/p-1. The van der Waals surface area contributed by atoms with E-state index in [1.54, 1.807) is 0 Å². The molecule has 0 aromatic carbocycles. The van der Waals surface area contributed by atoms with Gasteiger partial charge in [0.2, 0.25) is 0 Å². The first-order valence-electron chi connectivity index (χ1n) is 13.1. The first kappa shape index (κ1) is 35.8. The summed E-state index contributed by atoms with van der Waals surface area (Å²) in [5.41, 5.74) is 0. The molecule has 0 saturated heterocycles. The van der Waals surface area contributed by atoms with Gasteiger partial charge in [-0.25, -0.2) is 9.78 Å². The zero-order valence-electron chi connectivity index (χ0n) is 21.5. The summed E-state index contributed by atoms with van der Waals surface area (Å²) in [6.45, 7) is 4.95. The molecule has 0 N–H and O–H groups in total. The van der Waals surface area contributed by atoms with Gasteiger partial charge in [-0.15, -0.1) is 0 Å². The molecule has 0 amide bonds. The molecule has 6 nitrogen and oxygen atoms in total. The van der Waals surface area contributed by atoms with E-state index < -0.39 is 7.82 Å². The van der Waals surface area contributed by atoms with Crippen molar-refractivity contribution in [3.05, 3.63) is 0 Å². The second-order valence-electron chi connectivity index (χ2n) is 8.60. The molecule has 0 bridgehead atoms. The molecule has 0 unspecified atom stereocenters. The number of unbranched alkanes of at least 4 members (excludes halogenated alkanes) is 18. The third-order valence-corrected chi connectivity index (χ3v) is 6.03. The summed E-state index contributed by atoms with van der Waals surface area (Å²) in [5, 5.41) is 0. The Balaban J connectivity index is 0. The van der Waals surface area contributed by atoms with Gasteiger partial charge < -0.3 is 4.89 Å². The molecule has 0 atom stereocenters. The maximum atomic E-state index is 11.5. The minimum absolute atomic E-state index is 0. The summed E-state index contributed by atoms with van der Waals surface area (Å²) in [7, 11) is -4.55. The molecule has 0 aliphatic heterocycles. The molecule has 0 aliphatic rings. The van der Waals surface area contributed by atoms with E-state index in [4.69, 9.17) is 9.78 Å². The Hall–Kier alpha value is 1.67. The van der Waals surface area contributed by atoms with Crippen molar-refractivity contribution in [2.75, 3.05) is 13.2 Å². The molecule has 0 heterocycles. The quantitative estimate of drug-likeness (QED) is 0.0530. The van der Waals surface area contributed by atoms with Crippen molar-refractivity contribution in [2.24, 2.45) is 0 Å². The van der Waals surface area contributed by atoms with E-state index in [0.29, 0.717) is 0 Å². The molecule has 0 rings (SSSR count). The van der Waals surface area contributed by atoms with Crippen LogP contribution in [-0.4, -0.2) is 13.2 Å². The average molecular weight is 505 g/mol. The summed E-state index contributed by atoms with van der Waals surface area (Å²) in [5.74, 6) is 0. The second kappa shape index (κ2) is 28.9. The summed E-state index contributed by atoms with van der Waals surface area (Å²) in [6.07, 6.45) is 24.1. The Labute approximate surface area is 241 Å². The third-order valence-electron chi connectivity index (χ3n) is 5.45. The average Bonchev–Trinajstić information content (AvgIpc) is 2.75. The van der Waals surface area contributed by atoms with Gasteiger partial charge in [-0.1, -0.05) is 129 Å². The summed E-state index contributed by atoms with van der Waals surface area (Å²) >= 11 is 0. The maximum Gasteiger partial charge on any atom is 1.00 e. The number of hydrogen-bond donors (Lipinski definition) is 0. The van der Waals surface area contributed by atoms with Gasteiger partial charge in [-0.05, 0) is 12.8 Å². The van der Waals surface area contributed by atoms with Gasteiger partial charge in [-0.3, -0.25) is 4.57 Å². The van der Waals surface area contributed by atoms with Crippen LogP contribution in [0.4, 0.5) is 0 Å². The van der Waals surface area contributed by atoms with Crippen LogP contribution in [0.5, 0.6) is 0 Å². The van der Waals surface area contributed by atoms with Gasteiger partial charge in [0.15, 0.2) is 0 Å². The molecule has 0 aliphatic carbocycles. The van der Waals surface area contributed by atoms with Crippen molar-refractivity contribution < 1.29 is 80.0 Å². The largest absolute Gasteiger partial charge is 1.00 e. The molecule has 0 aromatic rings. The van der Waals surface area contributed by atoms with Gasteiger partial charge in [0.25, 0.3) is 0 Å². The van der Waals surface area contributed by atoms with Crippen LogP contribution >= 0.6 is 7.82 Å². The number of hydrogen-bond acceptors (Lipinski definition) is 6. The number of phosphoric acid groups is 1. The predicted octanol–water partition coefficient (Wildman–Crippen LogP) is 5.20. The normalized spacial score (nSPS) is 11.6. The Bertz CT molecular complexity index is 369. The minimum Gasteiger partial charge on any atom is -0.753 e. The van der Waals surface area contributed by atoms with Gasteiger partial charge in [-0.2, -0.15) is 9.35 Å². The zero-order chi connectivity index (χ0) is 22.9. The maximum absolute atomic E-state index is 11.5. The van der Waals surface area contributed by atoms with Gasteiger partial charge in [0.05, 0.1) is 13.2 Å². The molecule has 0 saturated carbocycles. The van der Waals surface area contributed by atoms with Crippen molar-refractivity contribution >= 4 is 7.82 Å². The summed E-state index contributed by atoms with van der Waals surface area (Å²) in [4.78, 5) is 21.0. The van der Waals surface area contributed by atoms with Gasteiger partial charge >= 0.3 is 59.2 Å². The smallest absolute Gasteiger partial charge is 0.753 e. The molecular formula is C24H50KO6P. The first-order valence-corrected chi connectivity index (χ1v) is 14.5. The van der Waals surface area contributed by atoms with Gasteiger partial charge in [0, 0.05) is 0 Å². The Morgan fingerprint density at radius 2 is 0.750 bits per heavy atom.